The molecule has 0 saturated carbocycles. The van der Waals surface area contributed by atoms with Crippen molar-refractivity contribution < 1.29 is 9.53 Å². The summed E-state index contributed by atoms with van der Waals surface area (Å²) >= 11 is 0. The highest BCUT2D eigenvalue weighted by Gasteiger charge is 2.23. The fourth-order valence-electron chi connectivity index (χ4n) is 4.16. The van der Waals surface area contributed by atoms with Gasteiger partial charge in [-0.25, -0.2) is 4.98 Å². The van der Waals surface area contributed by atoms with Crippen molar-refractivity contribution in [3.05, 3.63) is 47.0 Å². The monoisotopic (exact) mass is 409 g/mol. The molecule has 0 spiro atoms. The number of ether oxygens (including phenoxy) is 1. The van der Waals surface area contributed by atoms with Crippen LogP contribution in [-0.2, 0) is 11.3 Å². The quantitative estimate of drug-likeness (QED) is 0.621. The number of pyridine rings is 1. The summed E-state index contributed by atoms with van der Waals surface area (Å²) in [6.07, 6.45) is 6.40. The number of likely N-dealkylation sites (tertiary alicyclic amines) is 1. The topological polar surface area (TPSA) is 106 Å². The van der Waals surface area contributed by atoms with Crippen LogP contribution in [0, 0.1) is 5.92 Å². The third kappa shape index (κ3) is 4.23. The average Bonchev–Trinajstić information content (AvgIpc) is 3.21. The van der Waals surface area contributed by atoms with E-state index >= 15 is 0 Å². The first-order valence-electron chi connectivity index (χ1n) is 10.3. The van der Waals surface area contributed by atoms with Gasteiger partial charge in [-0.05, 0) is 55.9 Å². The third-order valence-corrected chi connectivity index (χ3v) is 5.79. The molecule has 2 aromatic heterocycles. The van der Waals surface area contributed by atoms with E-state index in [1.54, 1.807) is 13.3 Å². The number of hydrogen-bond acceptors (Lipinski definition) is 5. The zero-order valence-electron chi connectivity index (χ0n) is 17.1. The predicted octanol–water partition coefficient (Wildman–Crippen LogP) is 1.99. The molecule has 8 heteroatoms. The van der Waals surface area contributed by atoms with Gasteiger partial charge in [-0.1, -0.05) is 0 Å². The number of aromatic nitrogens is 3. The average molecular weight is 409 g/mol. The van der Waals surface area contributed by atoms with Crippen molar-refractivity contribution >= 4 is 16.8 Å². The number of H-pyrrole nitrogens is 1. The molecule has 3 heterocycles. The second-order valence-corrected chi connectivity index (χ2v) is 7.81. The van der Waals surface area contributed by atoms with Crippen LogP contribution in [0.2, 0.25) is 0 Å². The number of rotatable bonds is 7. The first kappa shape index (κ1) is 20.2. The van der Waals surface area contributed by atoms with Crippen LogP contribution in [0.3, 0.4) is 0 Å². The van der Waals surface area contributed by atoms with Crippen molar-refractivity contribution in [2.24, 2.45) is 11.7 Å². The minimum Gasteiger partial charge on any atom is -0.497 e. The Balaban J connectivity index is 1.47. The number of carbonyl (C=O) groups is 1. The highest BCUT2D eigenvalue weighted by Crippen LogP contribution is 2.22. The number of aromatic amines is 1. The van der Waals surface area contributed by atoms with Crippen molar-refractivity contribution in [3.63, 3.8) is 0 Å². The molecule has 1 unspecified atom stereocenters. The number of imidazole rings is 1. The molecule has 8 nitrogen and oxygen atoms in total. The number of methoxy groups -OCH3 is 1. The van der Waals surface area contributed by atoms with E-state index in [2.05, 4.69) is 14.9 Å². The Kier molecular flexibility index (Phi) is 5.85. The van der Waals surface area contributed by atoms with Gasteiger partial charge in [-0.2, -0.15) is 0 Å². The number of nitrogens with one attached hydrogen (secondary N) is 1. The molecule has 0 bridgehead atoms. The van der Waals surface area contributed by atoms with Gasteiger partial charge >= 0.3 is 0 Å². The summed E-state index contributed by atoms with van der Waals surface area (Å²) in [5.74, 6) is 1.10. The second kappa shape index (κ2) is 8.71. The maximum atomic E-state index is 12.7. The van der Waals surface area contributed by atoms with Gasteiger partial charge in [0.2, 0.25) is 5.91 Å². The molecule has 30 heavy (non-hydrogen) atoms. The Morgan fingerprint density at radius 1 is 1.33 bits per heavy atom. The molecule has 1 atom stereocenters. The number of amides is 1. The van der Waals surface area contributed by atoms with Gasteiger partial charge in [-0.15, -0.1) is 0 Å². The van der Waals surface area contributed by atoms with Crippen molar-refractivity contribution in [2.75, 3.05) is 26.7 Å². The van der Waals surface area contributed by atoms with Crippen molar-refractivity contribution in [2.45, 2.75) is 25.8 Å². The molecule has 0 radical (unpaired) electrons. The number of benzene rings is 1. The lowest BCUT2D eigenvalue weighted by Crippen LogP contribution is -2.41. The minimum absolute atomic E-state index is 0.0441. The highest BCUT2D eigenvalue weighted by atomic mass is 16.5. The van der Waals surface area contributed by atoms with E-state index in [1.807, 2.05) is 35.0 Å². The number of piperidine rings is 1. The van der Waals surface area contributed by atoms with E-state index in [1.165, 1.54) is 0 Å². The highest BCUT2D eigenvalue weighted by molar-refractivity contribution is 5.83. The Morgan fingerprint density at radius 3 is 3.00 bits per heavy atom. The Hall–Kier alpha value is -3.13. The maximum absolute atomic E-state index is 12.7. The van der Waals surface area contributed by atoms with Gasteiger partial charge in [0, 0.05) is 31.5 Å². The Labute approximate surface area is 174 Å². The molecule has 3 N–H and O–H groups in total. The molecule has 1 fully saturated rings. The van der Waals surface area contributed by atoms with Crippen LogP contribution >= 0.6 is 0 Å². The van der Waals surface area contributed by atoms with Crippen LogP contribution in [0.15, 0.2) is 41.5 Å². The molecule has 4 rings (SSSR count). The Bertz CT molecular complexity index is 1100. The lowest BCUT2D eigenvalue weighted by atomic mass is 9.97. The van der Waals surface area contributed by atoms with Crippen molar-refractivity contribution in [1.82, 2.24) is 19.4 Å². The Morgan fingerprint density at radius 2 is 2.20 bits per heavy atom. The molecular formula is C22H27N5O3. The first-order chi connectivity index (χ1) is 14.5. The van der Waals surface area contributed by atoms with E-state index in [9.17, 15) is 9.59 Å². The van der Waals surface area contributed by atoms with E-state index in [0.717, 1.165) is 56.3 Å². The number of carbonyl (C=O) groups excluding carboxylic acids is 1. The molecule has 3 aromatic rings. The summed E-state index contributed by atoms with van der Waals surface area (Å²) in [6, 6.07) is 7.47. The van der Waals surface area contributed by atoms with Crippen LogP contribution < -0.4 is 16.0 Å². The van der Waals surface area contributed by atoms with Crippen LogP contribution in [0.4, 0.5) is 0 Å². The zero-order chi connectivity index (χ0) is 21.1. The molecular weight excluding hydrogens is 382 g/mol. The third-order valence-electron chi connectivity index (χ3n) is 5.79. The summed E-state index contributed by atoms with van der Waals surface area (Å²) in [7, 11) is 1.60. The van der Waals surface area contributed by atoms with E-state index in [4.69, 9.17) is 10.5 Å². The second-order valence-electron chi connectivity index (χ2n) is 7.81. The first-order valence-corrected chi connectivity index (χ1v) is 10.3. The number of aryl methyl sites for hydroxylation is 1. The summed E-state index contributed by atoms with van der Waals surface area (Å²) in [6.45, 7) is 3.36. The maximum Gasteiger partial charge on any atom is 0.259 e. The van der Waals surface area contributed by atoms with Gasteiger partial charge in [0.15, 0.2) is 0 Å². The molecule has 158 valence electrons. The normalized spacial score (nSPS) is 17.3. The van der Waals surface area contributed by atoms with Crippen molar-refractivity contribution in [3.8, 4) is 17.1 Å². The van der Waals surface area contributed by atoms with Gasteiger partial charge < -0.3 is 24.9 Å². The smallest absolute Gasteiger partial charge is 0.259 e. The number of nitrogens with two attached hydrogens (primary N) is 1. The lowest BCUT2D eigenvalue weighted by Gasteiger charge is -2.31. The number of nitrogens with zero attached hydrogens (tertiary/aromatic N) is 3. The van der Waals surface area contributed by atoms with Crippen molar-refractivity contribution in [1.29, 1.82) is 0 Å². The summed E-state index contributed by atoms with van der Waals surface area (Å²) in [5.41, 5.74) is 6.57. The fourth-order valence-corrected chi connectivity index (χ4v) is 4.16. The van der Waals surface area contributed by atoms with Gasteiger partial charge in [0.05, 0.1) is 24.1 Å². The zero-order valence-corrected chi connectivity index (χ0v) is 17.1. The van der Waals surface area contributed by atoms with Gasteiger partial charge in [0.1, 0.15) is 11.6 Å². The lowest BCUT2D eigenvalue weighted by molar-refractivity contribution is -0.123. The minimum atomic E-state index is -0.204. The standard InChI is InChI=1S/C22H27N5O3/c1-30-17-6-5-15-12-18(22(29)25-19(15)13-17)21-24-7-11-27(21)10-3-9-26-8-2-4-16(14-26)20(23)28/h5-7,11-13,16H,2-4,8-10,14H2,1H3,(H2,23,28)(H,25,29). The number of primary amides is 1. The van der Waals surface area contributed by atoms with Crippen LogP contribution in [-0.4, -0.2) is 52.1 Å². The van der Waals surface area contributed by atoms with Crippen LogP contribution in [0.5, 0.6) is 5.75 Å². The SMILES string of the molecule is COc1ccc2cc(-c3nccn3CCCN3CCCC(C(N)=O)C3)c(=O)[nH]c2c1. The van der Waals surface area contributed by atoms with Crippen LogP contribution in [0.25, 0.3) is 22.3 Å². The number of fused-ring (bicyclic) bond motifs is 1. The molecule has 1 aliphatic heterocycles. The summed E-state index contributed by atoms with van der Waals surface area (Å²) in [5, 5.41) is 0.922. The molecule has 1 saturated heterocycles. The van der Waals surface area contributed by atoms with Gasteiger partial charge in [0.25, 0.3) is 5.56 Å². The van der Waals surface area contributed by atoms with E-state index < -0.39 is 0 Å². The van der Waals surface area contributed by atoms with Gasteiger partial charge in [-0.3, -0.25) is 9.59 Å². The largest absolute Gasteiger partial charge is 0.497 e. The fraction of sp³-hybridized carbons (Fsp3) is 0.409. The predicted molar refractivity (Wildman–Crippen MR) is 115 cm³/mol. The van der Waals surface area contributed by atoms with E-state index in [-0.39, 0.29) is 17.4 Å². The summed E-state index contributed by atoms with van der Waals surface area (Å²) in [4.78, 5) is 33.8. The number of hydrogen-bond donors (Lipinski definition) is 2. The summed E-state index contributed by atoms with van der Waals surface area (Å²) < 4.78 is 7.24. The molecule has 1 amide bonds. The molecule has 1 aromatic carbocycles. The van der Waals surface area contributed by atoms with E-state index in [0.29, 0.717) is 17.1 Å². The van der Waals surface area contributed by atoms with Crippen LogP contribution in [0.1, 0.15) is 19.3 Å². The molecule has 0 aliphatic carbocycles. The molecule has 1 aliphatic rings.